The Bertz CT molecular complexity index is 1290. The van der Waals surface area contributed by atoms with Crippen molar-refractivity contribution in [3.8, 4) is 0 Å². The van der Waals surface area contributed by atoms with Crippen LogP contribution in [0.1, 0.15) is 22.5 Å². The van der Waals surface area contributed by atoms with Crippen molar-refractivity contribution in [2.45, 2.75) is 32.7 Å². The summed E-state index contributed by atoms with van der Waals surface area (Å²) in [5.74, 6) is -0.265. The maximum absolute atomic E-state index is 12.9. The maximum atomic E-state index is 12.9. The number of hydrogen-bond acceptors (Lipinski definition) is 6. The number of rotatable bonds is 8. The van der Waals surface area contributed by atoms with Crippen molar-refractivity contribution in [3.63, 3.8) is 0 Å². The first-order chi connectivity index (χ1) is 15.1. The highest BCUT2D eigenvalue weighted by atomic mass is 35.5. The first kappa shape index (κ1) is 25.9. The van der Waals surface area contributed by atoms with Crippen LogP contribution < -0.4 is 21.3 Å². The van der Waals surface area contributed by atoms with Gasteiger partial charge in [0, 0.05) is 17.9 Å². The number of pyridine rings is 2. The molecule has 33 heavy (non-hydrogen) atoms. The van der Waals surface area contributed by atoms with Gasteiger partial charge in [-0.2, -0.15) is 0 Å². The summed E-state index contributed by atoms with van der Waals surface area (Å²) in [6.07, 6.45) is 0. The second kappa shape index (κ2) is 11.0. The molecule has 0 atom stereocenters. The van der Waals surface area contributed by atoms with Crippen molar-refractivity contribution in [1.82, 2.24) is 14.9 Å². The molecule has 0 unspecified atom stereocenters. The molecule has 0 fully saturated rings. The number of halogens is 1. The number of hydrogen-bond donors (Lipinski definition) is 3. The van der Waals surface area contributed by atoms with E-state index in [4.69, 9.17) is 5.73 Å². The van der Waals surface area contributed by atoms with Crippen LogP contribution in [0.15, 0.2) is 59.4 Å². The molecule has 0 saturated carbocycles. The van der Waals surface area contributed by atoms with Crippen LogP contribution in [0.2, 0.25) is 0 Å². The molecule has 11 heteroatoms. The van der Waals surface area contributed by atoms with E-state index in [-0.39, 0.29) is 36.9 Å². The van der Waals surface area contributed by atoms with E-state index in [2.05, 4.69) is 15.0 Å². The van der Waals surface area contributed by atoms with Crippen molar-refractivity contribution in [3.05, 3.63) is 87.5 Å². The largest absolute Gasteiger partial charge is 0.384 e. The molecule has 0 aliphatic carbocycles. The monoisotopic (exact) mass is 491 g/mol. The predicted molar refractivity (Wildman–Crippen MR) is 131 cm³/mol. The van der Waals surface area contributed by atoms with E-state index >= 15 is 0 Å². The highest BCUT2D eigenvalue weighted by Gasteiger charge is 2.16. The fourth-order valence-corrected chi connectivity index (χ4v) is 4.33. The first-order valence-electron chi connectivity index (χ1n) is 9.88. The van der Waals surface area contributed by atoms with Gasteiger partial charge in [0.25, 0.3) is 5.56 Å². The molecule has 0 aliphatic rings. The van der Waals surface area contributed by atoms with Gasteiger partial charge in [-0.05, 0) is 43.2 Å². The summed E-state index contributed by atoms with van der Waals surface area (Å²) in [6.45, 7) is 3.44. The van der Waals surface area contributed by atoms with Crippen molar-refractivity contribution < 1.29 is 13.2 Å². The summed E-state index contributed by atoms with van der Waals surface area (Å²) in [7, 11) is -3.80. The minimum Gasteiger partial charge on any atom is -0.384 e. The van der Waals surface area contributed by atoms with Gasteiger partial charge in [-0.3, -0.25) is 14.3 Å². The number of nitrogens with zero attached hydrogens (tertiary/aromatic N) is 2. The van der Waals surface area contributed by atoms with Crippen molar-refractivity contribution >= 4 is 39.8 Å². The van der Waals surface area contributed by atoms with E-state index < -0.39 is 21.5 Å². The summed E-state index contributed by atoms with van der Waals surface area (Å²) < 4.78 is 28.6. The fourth-order valence-electron chi connectivity index (χ4n) is 3.13. The van der Waals surface area contributed by atoms with Gasteiger partial charge in [-0.25, -0.2) is 13.4 Å². The van der Waals surface area contributed by atoms with Gasteiger partial charge in [0.15, 0.2) is 0 Å². The zero-order valence-electron chi connectivity index (χ0n) is 18.2. The van der Waals surface area contributed by atoms with Crippen LogP contribution in [0.3, 0.4) is 0 Å². The summed E-state index contributed by atoms with van der Waals surface area (Å²) >= 11 is 0. The number of aromatic nitrogens is 2. The number of benzene rings is 1. The predicted octanol–water partition coefficient (Wildman–Crippen LogP) is 2.12. The normalized spacial score (nSPS) is 10.8. The van der Waals surface area contributed by atoms with Crippen LogP contribution in [-0.4, -0.2) is 23.9 Å². The average molecular weight is 492 g/mol. The first-order valence-corrected chi connectivity index (χ1v) is 11.5. The molecule has 2 aromatic heterocycles. The van der Waals surface area contributed by atoms with Gasteiger partial charge in [-0.1, -0.05) is 36.4 Å². The Morgan fingerprint density at radius 2 is 1.76 bits per heavy atom. The number of carbonyl (C=O) groups is 1. The van der Waals surface area contributed by atoms with Crippen molar-refractivity contribution in [1.29, 1.82) is 0 Å². The van der Waals surface area contributed by atoms with Gasteiger partial charge in [-0.15, -0.1) is 12.4 Å². The van der Waals surface area contributed by atoms with Gasteiger partial charge in [0.05, 0.1) is 5.75 Å². The summed E-state index contributed by atoms with van der Waals surface area (Å²) in [5.41, 5.74) is 7.56. The molecular weight excluding hydrogens is 466 g/mol. The molecule has 0 spiro atoms. The third-order valence-corrected chi connectivity index (χ3v) is 6.10. The Kier molecular flexibility index (Phi) is 8.61. The zero-order valence-corrected chi connectivity index (χ0v) is 19.9. The van der Waals surface area contributed by atoms with Crippen LogP contribution in [0, 0.1) is 13.8 Å². The number of amides is 1. The van der Waals surface area contributed by atoms with Gasteiger partial charge in [0.2, 0.25) is 15.9 Å². The number of nitrogens with one attached hydrogen (secondary N) is 2. The molecule has 0 radical (unpaired) electrons. The molecule has 0 saturated heterocycles. The van der Waals surface area contributed by atoms with Gasteiger partial charge in [0.1, 0.15) is 18.1 Å². The number of aryl methyl sites for hydroxylation is 2. The lowest BCUT2D eigenvalue weighted by Crippen LogP contribution is -2.34. The zero-order chi connectivity index (χ0) is 23.3. The number of nitrogens with two attached hydrogens (primary N) is 1. The number of carbonyl (C=O) groups excluding carboxylic acids is 1. The van der Waals surface area contributed by atoms with Gasteiger partial charge >= 0.3 is 0 Å². The smallest absolute Gasteiger partial charge is 0.275 e. The Hall–Kier alpha value is -3.37. The minimum absolute atomic E-state index is 0. The van der Waals surface area contributed by atoms with Crippen LogP contribution in [0.25, 0.3) is 0 Å². The Morgan fingerprint density at radius 1 is 1.06 bits per heavy atom. The highest BCUT2D eigenvalue weighted by molar-refractivity contribution is 7.91. The summed E-state index contributed by atoms with van der Waals surface area (Å²) in [6, 6.07) is 15.1. The van der Waals surface area contributed by atoms with E-state index in [1.54, 1.807) is 62.4 Å². The Morgan fingerprint density at radius 3 is 2.42 bits per heavy atom. The van der Waals surface area contributed by atoms with Crippen LogP contribution >= 0.6 is 12.4 Å². The molecule has 3 rings (SSSR count). The van der Waals surface area contributed by atoms with E-state index in [9.17, 15) is 18.0 Å². The lowest BCUT2D eigenvalue weighted by molar-refractivity contribution is -0.121. The minimum atomic E-state index is -3.80. The topological polar surface area (TPSA) is 136 Å². The SMILES string of the molecule is Cc1nc(N)ccc1CNC(=O)Cn1c(C)ccc(NS(=O)(=O)Cc2ccccc2)c1=O.Cl. The maximum Gasteiger partial charge on any atom is 0.275 e. The van der Waals surface area contributed by atoms with E-state index in [0.29, 0.717) is 22.8 Å². The molecule has 0 bridgehead atoms. The standard InChI is InChI=1S/C22H25N5O4S.ClH/c1-15-8-10-19(26-32(30,31)14-17-6-4-3-5-7-17)22(29)27(15)13-21(28)24-12-18-9-11-20(23)25-16(18)2;/h3-11,26H,12-14H2,1-2H3,(H2,23,25)(H,24,28);1H. The second-order valence-electron chi connectivity index (χ2n) is 7.38. The third-order valence-electron chi connectivity index (χ3n) is 4.85. The van der Waals surface area contributed by atoms with Crippen LogP contribution in [-0.2, 0) is 33.7 Å². The van der Waals surface area contributed by atoms with Crippen molar-refractivity contribution in [2.24, 2.45) is 0 Å². The molecule has 1 aromatic carbocycles. The molecule has 176 valence electrons. The molecule has 9 nitrogen and oxygen atoms in total. The van der Waals surface area contributed by atoms with Gasteiger partial charge < -0.3 is 15.6 Å². The van der Waals surface area contributed by atoms with Crippen molar-refractivity contribution in [2.75, 3.05) is 10.5 Å². The molecule has 3 aromatic rings. The number of nitrogen functional groups attached to an aromatic ring is 1. The molecule has 1 amide bonds. The lowest BCUT2D eigenvalue weighted by atomic mass is 10.2. The molecule has 4 N–H and O–H groups in total. The quantitative estimate of drug-likeness (QED) is 0.441. The summed E-state index contributed by atoms with van der Waals surface area (Å²) in [4.78, 5) is 29.5. The second-order valence-corrected chi connectivity index (χ2v) is 9.11. The van der Waals surface area contributed by atoms with E-state index in [0.717, 1.165) is 5.56 Å². The van der Waals surface area contributed by atoms with Crippen LogP contribution in [0.4, 0.5) is 11.5 Å². The average Bonchev–Trinajstić information content (AvgIpc) is 2.73. The molecular formula is C22H26ClN5O4S. The molecule has 0 aliphatic heterocycles. The van der Waals surface area contributed by atoms with Crippen LogP contribution in [0.5, 0.6) is 0 Å². The molecule has 2 heterocycles. The lowest BCUT2D eigenvalue weighted by Gasteiger charge is -2.14. The summed E-state index contributed by atoms with van der Waals surface area (Å²) in [5, 5.41) is 2.74. The Balaban J connectivity index is 0.00000385. The number of anilines is 2. The highest BCUT2D eigenvalue weighted by Crippen LogP contribution is 2.11. The van der Waals surface area contributed by atoms with E-state index in [1.165, 1.54) is 10.6 Å². The third kappa shape index (κ3) is 7.06. The Labute approximate surface area is 198 Å². The number of sulfonamides is 1. The van der Waals surface area contributed by atoms with E-state index in [1.807, 2.05) is 0 Å². The fraction of sp³-hybridized carbons (Fsp3) is 0.227.